The van der Waals surface area contributed by atoms with Crippen LogP contribution >= 0.6 is 11.3 Å². The van der Waals surface area contributed by atoms with Gasteiger partial charge >= 0.3 is 0 Å². The number of benzene rings is 15. The predicted molar refractivity (Wildman–Crippen MR) is 433 cm³/mol. The van der Waals surface area contributed by atoms with Gasteiger partial charge in [0.1, 0.15) is 44.7 Å². The molecule has 0 amide bonds. The van der Waals surface area contributed by atoms with Gasteiger partial charge in [-0.2, -0.15) is 0 Å². The Bertz CT molecular complexity index is 6770. The Hall–Kier alpha value is -12.6. The SMILES string of the molecule is Cc1cc2c(cc1-c1ccccc1)B1c3cc4sc5ccccc5c4cc3N(c3c(-c4ccc5oc6ccccc6c5c4)cccc3-c3ccc4oc5ccccc5c4c3)c3cc(C(C)(C)C)cc(c31)N2c1c(-c2ccc3oc4ccccc4c3c2)cccc1-c1ccc2oc3ccccc3c2c1. The number of hydrogen-bond donors (Lipinski definition) is 0. The minimum atomic E-state index is -0.355. The third kappa shape index (κ3) is 8.68. The topological polar surface area (TPSA) is 59.0 Å². The van der Waals surface area contributed by atoms with E-state index in [2.05, 4.69) is 335 Å². The molecule has 7 heterocycles. The van der Waals surface area contributed by atoms with Crippen molar-refractivity contribution in [3.05, 3.63) is 308 Å². The van der Waals surface area contributed by atoms with Crippen molar-refractivity contribution in [2.24, 2.45) is 0 Å². The molecule has 6 nitrogen and oxygen atoms in total. The molecule has 0 saturated heterocycles. The van der Waals surface area contributed by atoms with Gasteiger partial charge in [0.2, 0.25) is 0 Å². The highest BCUT2D eigenvalue weighted by Gasteiger charge is 2.47. The van der Waals surface area contributed by atoms with E-state index in [1.165, 1.54) is 58.8 Å². The van der Waals surface area contributed by atoms with Crippen molar-refractivity contribution in [1.29, 1.82) is 0 Å². The van der Waals surface area contributed by atoms with E-state index in [9.17, 15) is 0 Å². The highest BCUT2D eigenvalue weighted by atomic mass is 32.1. The largest absolute Gasteiger partial charge is 0.456 e. The summed E-state index contributed by atoms with van der Waals surface area (Å²) in [6, 6.07) is 110. The van der Waals surface area contributed by atoms with Crippen LogP contribution in [0.15, 0.2) is 315 Å². The van der Waals surface area contributed by atoms with Crippen LogP contribution in [0.3, 0.4) is 0 Å². The number of thiophene rings is 1. The molecule has 0 aliphatic carbocycles. The number of aryl methyl sites for hydroxylation is 1. The normalized spacial score (nSPS) is 13.0. The van der Waals surface area contributed by atoms with E-state index in [-0.39, 0.29) is 12.1 Å². The van der Waals surface area contributed by atoms with Crippen LogP contribution in [0.5, 0.6) is 0 Å². The molecule has 0 bridgehead atoms. The molecule has 0 saturated carbocycles. The van der Waals surface area contributed by atoms with Crippen LogP contribution in [0.4, 0.5) is 34.1 Å². The summed E-state index contributed by atoms with van der Waals surface area (Å²) in [5.74, 6) is 0. The second-order valence-electron chi connectivity index (χ2n) is 29.0. The average molecular weight is 1340 g/mol. The first kappa shape index (κ1) is 58.2. The molecule has 2 aliphatic heterocycles. The molecular formula is C95H61BN2O4S. The molecule has 15 aromatic carbocycles. The lowest BCUT2D eigenvalue weighted by molar-refractivity contribution is 0.590. The first-order valence-corrected chi connectivity index (χ1v) is 36.3. The molecule has 0 unspecified atom stereocenters. The summed E-state index contributed by atoms with van der Waals surface area (Å²) in [6.07, 6.45) is 0. The summed E-state index contributed by atoms with van der Waals surface area (Å²) in [5, 5.41) is 11.1. The van der Waals surface area contributed by atoms with Crippen molar-refractivity contribution < 1.29 is 17.7 Å². The minimum Gasteiger partial charge on any atom is -0.456 e. The number of rotatable bonds is 7. The third-order valence-electron chi connectivity index (χ3n) is 22.1. The van der Waals surface area contributed by atoms with Gasteiger partial charge in [0.05, 0.1) is 11.4 Å². The molecule has 2 aliphatic rings. The summed E-state index contributed by atoms with van der Waals surface area (Å²) in [6.45, 7) is 9.17. The molecule has 103 heavy (non-hydrogen) atoms. The number of para-hydroxylation sites is 6. The highest BCUT2D eigenvalue weighted by molar-refractivity contribution is 7.26. The van der Waals surface area contributed by atoms with Gasteiger partial charge in [-0.15, -0.1) is 11.3 Å². The Kier molecular flexibility index (Phi) is 12.3. The lowest BCUT2D eigenvalue weighted by Crippen LogP contribution is -2.61. The average Bonchev–Trinajstić information content (AvgIpc) is 1.57. The van der Waals surface area contributed by atoms with Gasteiger partial charge in [-0.3, -0.25) is 0 Å². The summed E-state index contributed by atoms with van der Waals surface area (Å²) in [7, 11) is 0. The Morgan fingerprint density at radius 3 is 1.10 bits per heavy atom. The van der Waals surface area contributed by atoms with E-state index < -0.39 is 0 Å². The molecule has 484 valence electrons. The quantitative estimate of drug-likeness (QED) is 0.148. The first-order valence-electron chi connectivity index (χ1n) is 35.5. The van der Waals surface area contributed by atoms with Gasteiger partial charge in [-0.25, -0.2) is 0 Å². The van der Waals surface area contributed by atoms with Gasteiger partial charge in [-0.1, -0.05) is 209 Å². The maximum atomic E-state index is 6.63. The fourth-order valence-electron chi connectivity index (χ4n) is 17.3. The van der Waals surface area contributed by atoms with E-state index in [4.69, 9.17) is 17.7 Å². The summed E-state index contributed by atoms with van der Waals surface area (Å²) < 4.78 is 29.0. The monoisotopic (exact) mass is 1340 g/mol. The van der Waals surface area contributed by atoms with Crippen molar-refractivity contribution in [3.63, 3.8) is 0 Å². The first-order chi connectivity index (χ1) is 50.6. The minimum absolute atomic E-state index is 0.259. The molecule has 22 rings (SSSR count). The molecule has 8 heteroatoms. The molecule has 0 N–H and O–H groups in total. The van der Waals surface area contributed by atoms with Crippen LogP contribution in [0, 0.1) is 6.92 Å². The lowest BCUT2D eigenvalue weighted by atomic mass is 9.33. The van der Waals surface area contributed by atoms with Crippen LogP contribution in [-0.2, 0) is 5.41 Å². The molecule has 0 atom stereocenters. The van der Waals surface area contributed by atoms with E-state index in [1.54, 1.807) is 0 Å². The van der Waals surface area contributed by atoms with Gasteiger partial charge in [-0.05, 0) is 182 Å². The van der Waals surface area contributed by atoms with Gasteiger partial charge < -0.3 is 27.5 Å². The maximum Gasteiger partial charge on any atom is 0.252 e. The Morgan fingerprint density at radius 1 is 0.282 bits per heavy atom. The molecule has 0 fully saturated rings. The van der Waals surface area contributed by atoms with Crippen molar-refractivity contribution in [2.45, 2.75) is 33.1 Å². The third-order valence-corrected chi connectivity index (χ3v) is 23.3. The number of anilines is 6. The zero-order chi connectivity index (χ0) is 68.1. The molecule has 0 spiro atoms. The number of hydrogen-bond acceptors (Lipinski definition) is 7. The Morgan fingerprint density at radius 2 is 0.660 bits per heavy atom. The van der Waals surface area contributed by atoms with E-state index in [1.807, 2.05) is 11.3 Å². The van der Waals surface area contributed by atoms with Crippen LogP contribution in [0.25, 0.3) is 164 Å². The maximum absolute atomic E-state index is 6.63. The molecule has 20 aromatic rings. The lowest BCUT2D eigenvalue weighted by Gasteiger charge is -2.46. The zero-order valence-corrected chi connectivity index (χ0v) is 57.6. The summed E-state index contributed by atoms with van der Waals surface area (Å²) in [4.78, 5) is 5.38. The Balaban J connectivity index is 0.905. The second-order valence-corrected chi connectivity index (χ2v) is 30.1. The second kappa shape index (κ2) is 21.7. The molecular weight excluding hydrogens is 1280 g/mol. The fraction of sp³-hybridized carbons (Fsp3) is 0.0526. The summed E-state index contributed by atoms with van der Waals surface area (Å²) in [5.41, 5.74) is 30.2. The van der Waals surface area contributed by atoms with Crippen molar-refractivity contribution in [1.82, 2.24) is 0 Å². The van der Waals surface area contributed by atoms with Crippen molar-refractivity contribution >= 4 is 176 Å². The predicted octanol–water partition coefficient (Wildman–Crippen LogP) is 25.7. The zero-order valence-electron chi connectivity index (χ0n) is 56.8. The van der Waals surface area contributed by atoms with Gasteiger partial charge in [0, 0.05) is 108 Å². The van der Waals surface area contributed by atoms with E-state index >= 15 is 0 Å². The molecule has 0 radical (unpaired) electrons. The summed E-state index contributed by atoms with van der Waals surface area (Å²) >= 11 is 1.88. The Labute approximate surface area is 597 Å². The number of furan rings is 4. The number of fused-ring (bicyclic) bond motifs is 19. The van der Waals surface area contributed by atoms with Crippen molar-refractivity contribution in [2.75, 3.05) is 9.80 Å². The van der Waals surface area contributed by atoms with Crippen LogP contribution in [-0.4, -0.2) is 6.71 Å². The van der Waals surface area contributed by atoms with Gasteiger partial charge in [0.15, 0.2) is 0 Å². The van der Waals surface area contributed by atoms with E-state index in [0.29, 0.717) is 0 Å². The fourth-order valence-corrected chi connectivity index (χ4v) is 18.4. The van der Waals surface area contributed by atoms with Gasteiger partial charge in [0.25, 0.3) is 6.71 Å². The van der Waals surface area contributed by atoms with Crippen molar-refractivity contribution in [3.8, 4) is 55.6 Å². The number of nitrogens with zero attached hydrogens (tertiary/aromatic N) is 2. The van der Waals surface area contributed by atoms with Crippen LogP contribution in [0.2, 0.25) is 0 Å². The van der Waals surface area contributed by atoms with Crippen LogP contribution in [0.1, 0.15) is 31.9 Å². The van der Waals surface area contributed by atoms with Crippen LogP contribution < -0.4 is 26.2 Å². The molecule has 5 aromatic heterocycles. The smallest absolute Gasteiger partial charge is 0.252 e. The van der Waals surface area contributed by atoms with E-state index in [0.717, 1.165) is 166 Å². The standard InChI is InChI=1S/C95H61BN2O4S/c1-54-44-78-76(51-70(54)55-20-6-5-7-21-55)96-77-53-91-75(69-26-12-17-35-90(69)103-91)52-79(77)98(94-63(58-38-42-88-73(47-58)67-24-10-15-33-84(67)101-88)29-19-30-64(94)59-39-43-89-74(48-59)68-25-11-16-34-85(68)102-89)81-50-60(95(2,3)4)49-80(92(81)96)97(78)93-61(56-36-40-86-71(45-56)65-22-8-13-31-82(65)99-86)27-18-28-62(93)57-37-41-87-72(46-57)66-23-9-14-32-83(66)100-87/h5-53H,1-4H3. The highest BCUT2D eigenvalue weighted by Crippen LogP contribution is 2.56.